The summed E-state index contributed by atoms with van der Waals surface area (Å²) >= 11 is 4.98. The van der Waals surface area contributed by atoms with Crippen LogP contribution < -0.4 is 11.1 Å². The quantitative estimate of drug-likeness (QED) is 0.476. The maximum absolute atomic E-state index is 12.0. The Morgan fingerprint density at radius 2 is 2.11 bits per heavy atom. The Morgan fingerprint density at radius 3 is 2.61 bits per heavy atom. The van der Waals surface area contributed by atoms with Crippen LogP contribution in [0.5, 0.6) is 0 Å². The third-order valence-corrected chi connectivity index (χ3v) is 3.69. The molecule has 1 rings (SSSR count). The number of carbonyl (C=O) groups excluding carboxylic acids is 1. The second-order valence-corrected chi connectivity index (χ2v) is 4.95. The molecule has 1 aliphatic carbocycles. The normalized spacial score (nSPS) is 16.9. The number of rotatable bonds is 9. The molecule has 1 amide bonds. The first-order valence-electron chi connectivity index (χ1n) is 6.28. The number of thiocarbonyl (C=S) groups is 1. The van der Waals surface area contributed by atoms with Crippen LogP contribution in [0.2, 0.25) is 0 Å². The van der Waals surface area contributed by atoms with Gasteiger partial charge in [0.1, 0.15) is 0 Å². The number of hydrogen-bond acceptors (Lipinski definition) is 4. The summed E-state index contributed by atoms with van der Waals surface area (Å²) in [6.45, 7) is 2.39. The van der Waals surface area contributed by atoms with Crippen LogP contribution >= 0.6 is 12.2 Å². The molecule has 3 N–H and O–H groups in total. The summed E-state index contributed by atoms with van der Waals surface area (Å²) in [5.41, 5.74) is 5.07. The highest BCUT2D eigenvalue weighted by Gasteiger charge is 2.46. The largest absolute Gasteiger partial charge is 0.392 e. The zero-order valence-corrected chi connectivity index (χ0v) is 11.7. The molecule has 0 aromatic carbocycles. The predicted molar refractivity (Wildman–Crippen MR) is 73.4 cm³/mol. The van der Waals surface area contributed by atoms with Crippen LogP contribution in [-0.2, 0) is 14.3 Å². The van der Waals surface area contributed by atoms with Gasteiger partial charge in [0.05, 0.1) is 23.6 Å². The molecule has 0 spiro atoms. The maximum Gasteiger partial charge on any atom is 0.233 e. The minimum Gasteiger partial charge on any atom is -0.392 e. The van der Waals surface area contributed by atoms with E-state index in [1.54, 1.807) is 7.11 Å². The van der Waals surface area contributed by atoms with Gasteiger partial charge in [0, 0.05) is 20.3 Å². The highest BCUT2D eigenvalue weighted by Crippen LogP contribution is 2.41. The Hall–Kier alpha value is -0.720. The van der Waals surface area contributed by atoms with E-state index in [1.165, 1.54) is 0 Å². The van der Waals surface area contributed by atoms with Gasteiger partial charge in [0.2, 0.25) is 5.91 Å². The lowest BCUT2D eigenvalue weighted by Gasteiger charge is -2.39. The van der Waals surface area contributed by atoms with Gasteiger partial charge < -0.3 is 20.5 Å². The van der Waals surface area contributed by atoms with Crippen molar-refractivity contribution >= 4 is 23.1 Å². The highest BCUT2D eigenvalue weighted by atomic mass is 32.1. The first kappa shape index (κ1) is 15.3. The van der Waals surface area contributed by atoms with Gasteiger partial charge in [0.15, 0.2) is 0 Å². The van der Waals surface area contributed by atoms with Crippen molar-refractivity contribution in [3.63, 3.8) is 0 Å². The summed E-state index contributed by atoms with van der Waals surface area (Å²) in [4.78, 5) is 12.3. The number of ether oxygens (including phenoxy) is 2. The summed E-state index contributed by atoms with van der Waals surface area (Å²) in [5, 5.41) is 2.88. The van der Waals surface area contributed by atoms with Crippen molar-refractivity contribution < 1.29 is 14.3 Å². The van der Waals surface area contributed by atoms with Crippen molar-refractivity contribution in [2.45, 2.75) is 25.7 Å². The van der Waals surface area contributed by atoms with Crippen LogP contribution in [0.3, 0.4) is 0 Å². The van der Waals surface area contributed by atoms with E-state index in [-0.39, 0.29) is 5.91 Å². The average molecular weight is 274 g/mol. The average Bonchev–Trinajstić information content (AvgIpc) is 2.25. The van der Waals surface area contributed by atoms with E-state index >= 15 is 0 Å². The lowest BCUT2D eigenvalue weighted by molar-refractivity contribution is -0.130. The second kappa shape index (κ2) is 7.66. The molecule has 5 nitrogen and oxygen atoms in total. The maximum atomic E-state index is 12.0. The number of carbonyl (C=O) groups is 1. The molecular formula is C12H22N2O3S. The molecule has 18 heavy (non-hydrogen) atoms. The minimum atomic E-state index is -0.577. The lowest BCUT2D eigenvalue weighted by atomic mass is 9.68. The van der Waals surface area contributed by atoms with Crippen LogP contribution in [0, 0.1) is 5.41 Å². The third kappa shape index (κ3) is 3.90. The Labute approximate surface area is 113 Å². The molecular weight excluding hydrogens is 252 g/mol. The van der Waals surface area contributed by atoms with Crippen LogP contribution in [-0.4, -0.2) is 44.4 Å². The van der Waals surface area contributed by atoms with Crippen molar-refractivity contribution in [3.05, 3.63) is 0 Å². The summed E-state index contributed by atoms with van der Waals surface area (Å²) in [6, 6.07) is 0. The van der Waals surface area contributed by atoms with E-state index in [2.05, 4.69) is 5.32 Å². The van der Waals surface area contributed by atoms with Crippen molar-refractivity contribution in [1.82, 2.24) is 5.32 Å². The second-order valence-electron chi connectivity index (χ2n) is 4.51. The minimum absolute atomic E-state index is 0.0295. The summed E-state index contributed by atoms with van der Waals surface area (Å²) in [5.74, 6) is -0.0295. The number of methoxy groups -OCH3 is 1. The highest BCUT2D eigenvalue weighted by molar-refractivity contribution is 7.80. The Kier molecular flexibility index (Phi) is 6.52. The van der Waals surface area contributed by atoms with Crippen molar-refractivity contribution in [2.75, 3.05) is 33.5 Å². The topological polar surface area (TPSA) is 73.6 Å². The van der Waals surface area contributed by atoms with Gasteiger partial charge in [0.25, 0.3) is 0 Å². The zero-order valence-electron chi connectivity index (χ0n) is 10.9. The standard InChI is InChI=1S/C12H22N2O3S/c1-16-8-9-17-7-3-6-14-11(15)12(10(13)18)4-2-5-12/h2-9H2,1H3,(H2,13,18)(H,14,15). The molecule has 1 aliphatic rings. The molecule has 0 aromatic rings. The van der Waals surface area contributed by atoms with Gasteiger partial charge in [-0.3, -0.25) is 4.79 Å². The number of hydrogen-bond donors (Lipinski definition) is 2. The fourth-order valence-electron chi connectivity index (χ4n) is 1.91. The number of nitrogens with one attached hydrogen (secondary N) is 1. The van der Waals surface area contributed by atoms with Gasteiger partial charge in [-0.1, -0.05) is 18.6 Å². The van der Waals surface area contributed by atoms with Crippen LogP contribution in [0.1, 0.15) is 25.7 Å². The molecule has 0 bridgehead atoms. The molecule has 1 fully saturated rings. The van der Waals surface area contributed by atoms with E-state index in [0.717, 1.165) is 25.7 Å². The third-order valence-electron chi connectivity index (χ3n) is 3.30. The molecule has 0 aliphatic heterocycles. The Balaban J connectivity index is 2.12. The van der Waals surface area contributed by atoms with E-state index in [0.29, 0.717) is 31.4 Å². The molecule has 6 heteroatoms. The van der Waals surface area contributed by atoms with Gasteiger partial charge in [-0.15, -0.1) is 0 Å². The lowest BCUT2D eigenvalue weighted by Crippen LogP contribution is -2.53. The molecule has 0 atom stereocenters. The molecule has 0 radical (unpaired) electrons. The van der Waals surface area contributed by atoms with Crippen molar-refractivity contribution in [3.8, 4) is 0 Å². The van der Waals surface area contributed by atoms with Crippen LogP contribution in [0.4, 0.5) is 0 Å². The van der Waals surface area contributed by atoms with Crippen molar-refractivity contribution in [1.29, 1.82) is 0 Å². The summed E-state index contributed by atoms with van der Waals surface area (Å²) in [6.07, 6.45) is 3.35. The molecule has 104 valence electrons. The van der Waals surface area contributed by atoms with Gasteiger partial charge in [-0.2, -0.15) is 0 Å². The first-order valence-corrected chi connectivity index (χ1v) is 6.69. The van der Waals surface area contributed by atoms with Gasteiger partial charge >= 0.3 is 0 Å². The van der Waals surface area contributed by atoms with E-state index in [1.807, 2.05) is 0 Å². The molecule has 0 heterocycles. The van der Waals surface area contributed by atoms with Crippen LogP contribution in [0.15, 0.2) is 0 Å². The number of amides is 1. The molecule has 1 saturated carbocycles. The van der Waals surface area contributed by atoms with E-state index in [4.69, 9.17) is 27.4 Å². The smallest absolute Gasteiger partial charge is 0.233 e. The van der Waals surface area contributed by atoms with Crippen molar-refractivity contribution in [2.24, 2.45) is 11.1 Å². The predicted octanol–water partition coefficient (Wildman–Crippen LogP) is 0.612. The van der Waals surface area contributed by atoms with E-state index < -0.39 is 5.41 Å². The molecule has 0 unspecified atom stereocenters. The Bertz CT molecular complexity index is 293. The monoisotopic (exact) mass is 274 g/mol. The number of nitrogens with two attached hydrogens (primary N) is 1. The van der Waals surface area contributed by atoms with Gasteiger partial charge in [-0.25, -0.2) is 0 Å². The SMILES string of the molecule is COCCOCCCNC(=O)C1(C(N)=S)CCC1. The molecule has 0 aromatic heterocycles. The first-order chi connectivity index (χ1) is 8.63. The zero-order chi connectivity index (χ0) is 13.4. The summed E-state index contributed by atoms with van der Waals surface area (Å²) < 4.78 is 10.2. The fraction of sp³-hybridized carbons (Fsp3) is 0.833. The van der Waals surface area contributed by atoms with E-state index in [9.17, 15) is 4.79 Å². The van der Waals surface area contributed by atoms with Gasteiger partial charge in [-0.05, 0) is 19.3 Å². The summed E-state index contributed by atoms with van der Waals surface area (Å²) in [7, 11) is 1.64. The molecule has 0 saturated heterocycles. The Morgan fingerprint density at radius 1 is 1.39 bits per heavy atom. The van der Waals surface area contributed by atoms with Crippen LogP contribution in [0.25, 0.3) is 0 Å². The fourth-order valence-corrected chi connectivity index (χ4v) is 2.20.